The van der Waals surface area contributed by atoms with Crippen molar-refractivity contribution in [3.05, 3.63) is 64.1 Å². The molecule has 1 saturated heterocycles. The zero-order valence-electron chi connectivity index (χ0n) is 22.9. The number of nitro groups is 1. The molecule has 13 heteroatoms. The van der Waals surface area contributed by atoms with Gasteiger partial charge in [-0.2, -0.15) is 5.10 Å². The van der Waals surface area contributed by atoms with Gasteiger partial charge >= 0.3 is 6.09 Å². The number of hydrogen-bond acceptors (Lipinski definition) is 9. The number of amides is 1. The largest absolute Gasteiger partial charge is 0.456 e. The maximum Gasteiger partial charge on any atom is 0.410 e. The summed E-state index contributed by atoms with van der Waals surface area (Å²) >= 11 is 6.65. The molecule has 0 bridgehead atoms. The van der Waals surface area contributed by atoms with E-state index in [1.54, 1.807) is 29.4 Å². The van der Waals surface area contributed by atoms with E-state index >= 15 is 0 Å². The van der Waals surface area contributed by atoms with Crippen LogP contribution in [0.4, 0.5) is 16.2 Å². The molecule has 2 N–H and O–H groups in total. The van der Waals surface area contributed by atoms with Crippen LogP contribution in [0.1, 0.15) is 33.6 Å². The Morgan fingerprint density at radius 3 is 2.63 bits per heavy atom. The summed E-state index contributed by atoms with van der Waals surface area (Å²) in [5.41, 5.74) is 7.47. The summed E-state index contributed by atoms with van der Waals surface area (Å²) in [7, 11) is 0. The van der Waals surface area contributed by atoms with Crippen molar-refractivity contribution in [2.75, 3.05) is 18.8 Å². The highest BCUT2D eigenvalue weighted by molar-refractivity contribution is 6.36. The molecule has 4 aromatic rings. The number of hydrogen-bond donors (Lipinski definition) is 1. The van der Waals surface area contributed by atoms with Gasteiger partial charge in [0, 0.05) is 43.5 Å². The lowest BCUT2D eigenvalue weighted by Crippen LogP contribution is -2.42. The van der Waals surface area contributed by atoms with Gasteiger partial charge in [-0.3, -0.25) is 19.8 Å². The molecule has 214 valence electrons. The summed E-state index contributed by atoms with van der Waals surface area (Å²) in [6.07, 6.45) is 6.78. The Bertz CT molecular complexity index is 1610. The normalized spacial score (nSPS) is 14.3. The molecule has 1 aliphatic heterocycles. The van der Waals surface area contributed by atoms with E-state index in [1.165, 1.54) is 18.2 Å². The number of ether oxygens (including phenoxy) is 2. The fourth-order valence-corrected chi connectivity index (χ4v) is 4.86. The Hall–Kier alpha value is -4.45. The van der Waals surface area contributed by atoms with E-state index in [9.17, 15) is 14.9 Å². The van der Waals surface area contributed by atoms with Gasteiger partial charge < -0.3 is 20.1 Å². The second-order valence-corrected chi connectivity index (χ2v) is 11.3. The predicted molar refractivity (Wildman–Crippen MR) is 154 cm³/mol. The van der Waals surface area contributed by atoms with Crippen LogP contribution < -0.4 is 10.5 Å². The van der Waals surface area contributed by atoms with Crippen LogP contribution in [-0.2, 0) is 11.3 Å². The number of nitrogen functional groups attached to an aromatic ring is 1. The molecule has 1 fully saturated rings. The highest BCUT2D eigenvalue weighted by atomic mass is 35.5. The number of nitro benzene ring substituents is 1. The Morgan fingerprint density at radius 1 is 1.20 bits per heavy atom. The van der Waals surface area contributed by atoms with Crippen molar-refractivity contribution >= 4 is 40.1 Å². The van der Waals surface area contributed by atoms with Crippen LogP contribution in [0.3, 0.4) is 0 Å². The number of aromatic nitrogens is 4. The SMILES string of the molecule is CC(C)(C)OC(=O)N1CCC(Cn2cc(-c3cnc4ccc(Oc5ccc([N+](=O)[O-])c(N)c5)c(Cl)c4n3)cn2)CC1. The van der Waals surface area contributed by atoms with Crippen molar-refractivity contribution < 1.29 is 19.2 Å². The van der Waals surface area contributed by atoms with Crippen molar-refractivity contribution in [2.45, 2.75) is 45.8 Å². The Kier molecular flexibility index (Phi) is 7.68. The average Bonchev–Trinajstić information content (AvgIpc) is 3.38. The van der Waals surface area contributed by atoms with E-state index in [-0.39, 0.29) is 22.5 Å². The molecule has 0 unspecified atom stereocenters. The maximum absolute atomic E-state index is 12.3. The average molecular weight is 580 g/mol. The lowest BCUT2D eigenvalue weighted by molar-refractivity contribution is -0.383. The van der Waals surface area contributed by atoms with Gasteiger partial charge in [-0.05, 0) is 57.7 Å². The molecule has 0 radical (unpaired) electrons. The van der Waals surface area contributed by atoms with Crippen LogP contribution in [0.2, 0.25) is 5.02 Å². The third-order valence-electron chi connectivity index (χ3n) is 6.68. The third-order valence-corrected chi connectivity index (χ3v) is 7.05. The summed E-state index contributed by atoms with van der Waals surface area (Å²) in [5.74, 6) is 0.996. The number of benzene rings is 2. The highest BCUT2D eigenvalue weighted by Gasteiger charge is 2.27. The zero-order chi connectivity index (χ0) is 29.3. The van der Waals surface area contributed by atoms with Gasteiger partial charge in [-0.25, -0.2) is 9.78 Å². The minimum atomic E-state index is -0.559. The lowest BCUT2D eigenvalue weighted by Gasteiger charge is -2.33. The van der Waals surface area contributed by atoms with Crippen molar-refractivity contribution in [3.63, 3.8) is 0 Å². The second kappa shape index (κ2) is 11.2. The number of piperidine rings is 1. The molecule has 5 rings (SSSR count). The number of nitrogens with zero attached hydrogens (tertiary/aromatic N) is 6. The number of nitrogens with two attached hydrogens (primary N) is 1. The summed E-state index contributed by atoms with van der Waals surface area (Å²) in [5, 5.41) is 15.8. The van der Waals surface area contributed by atoms with E-state index in [1.807, 2.05) is 31.6 Å². The molecule has 12 nitrogen and oxygen atoms in total. The van der Waals surface area contributed by atoms with Crippen molar-refractivity contribution in [3.8, 4) is 22.8 Å². The molecule has 2 aromatic heterocycles. The predicted octanol–water partition coefficient (Wildman–Crippen LogP) is 6.08. The molecule has 2 aromatic carbocycles. The van der Waals surface area contributed by atoms with E-state index in [0.29, 0.717) is 47.2 Å². The fourth-order valence-electron chi connectivity index (χ4n) is 4.62. The maximum atomic E-state index is 12.3. The molecule has 1 amide bonds. The Labute approximate surface area is 241 Å². The van der Waals surface area contributed by atoms with Gasteiger partial charge in [0.25, 0.3) is 5.69 Å². The zero-order valence-corrected chi connectivity index (χ0v) is 23.7. The van der Waals surface area contributed by atoms with Crippen LogP contribution in [0.15, 0.2) is 48.9 Å². The second-order valence-electron chi connectivity index (χ2n) is 10.9. The standard InChI is InChI=1S/C28H30ClN7O5/c1-28(2,3)41-27(37)34-10-8-17(9-11-34)15-35-16-18(13-32-35)22-14-31-21-5-7-24(25(29)26(21)33-22)40-19-4-6-23(36(38)39)20(30)12-19/h4-7,12-14,16-17H,8-11,15,30H2,1-3H3. The van der Waals surface area contributed by atoms with Gasteiger partial charge in [0.2, 0.25) is 0 Å². The highest BCUT2D eigenvalue weighted by Crippen LogP contribution is 2.36. The summed E-state index contributed by atoms with van der Waals surface area (Å²) in [6, 6.07) is 7.49. The first-order valence-corrected chi connectivity index (χ1v) is 13.5. The minimum absolute atomic E-state index is 0.0166. The first-order chi connectivity index (χ1) is 19.5. The first-order valence-electron chi connectivity index (χ1n) is 13.1. The number of carbonyl (C=O) groups is 1. The molecule has 0 atom stereocenters. The first kappa shape index (κ1) is 28.1. The smallest absolute Gasteiger partial charge is 0.410 e. The van der Waals surface area contributed by atoms with E-state index in [0.717, 1.165) is 24.9 Å². The molecular weight excluding hydrogens is 550 g/mol. The quantitative estimate of drug-likeness (QED) is 0.163. The van der Waals surface area contributed by atoms with Gasteiger partial charge in [0.05, 0.1) is 28.5 Å². The number of fused-ring (bicyclic) bond motifs is 1. The van der Waals surface area contributed by atoms with Crippen molar-refractivity contribution in [1.82, 2.24) is 24.6 Å². The van der Waals surface area contributed by atoms with E-state index < -0.39 is 10.5 Å². The number of halogens is 1. The van der Waals surface area contributed by atoms with Crippen molar-refractivity contribution in [1.29, 1.82) is 0 Å². The van der Waals surface area contributed by atoms with Gasteiger partial charge in [-0.1, -0.05) is 11.6 Å². The molecule has 41 heavy (non-hydrogen) atoms. The molecule has 0 spiro atoms. The molecule has 1 aliphatic rings. The van der Waals surface area contributed by atoms with Gasteiger partial charge in [-0.15, -0.1) is 0 Å². The molecule has 3 heterocycles. The number of carbonyl (C=O) groups excluding carboxylic acids is 1. The Balaban J connectivity index is 1.27. The van der Waals surface area contributed by atoms with Crippen LogP contribution in [0.25, 0.3) is 22.3 Å². The summed E-state index contributed by atoms with van der Waals surface area (Å²) in [6.45, 7) is 7.63. The molecule has 0 saturated carbocycles. The Morgan fingerprint density at radius 2 is 1.95 bits per heavy atom. The van der Waals surface area contributed by atoms with Crippen LogP contribution in [-0.4, -0.2) is 54.4 Å². The molecular formula is C28H30ClN7O5. The molecule has 0 aliphatic carbocycles. The summed E-state index contributed by atoms with van der Waals surface area (Å²) in [4.78, 5) is 33.8. The number of anilines is 1. The number of rotatable bonds is 6. The monoisotopic (exact) mass is 579 g/mol. The van der Waals surface area contributed by atoms with E-state index in [2.05, 4.69) is 10.1 Å². The summed E-state index contributed by atoms with van der Waals surface area (Å²) < 4.78 is 13.2. The lowest BCUT2D eigenvalue weighted by atomic mass is 9.97. The fraction of sp³-hybridized carbons (Fsp3) is 0.357. The van der Waals surface area contributed by atoms with E-state index in [4.69, 9.17) is 31.8 Å². The van der Waals surface area contributed by atoms with Crippen molar-refractivity contribution in [2.24, 2.45) is 5.92 Å². The number of likely N-dealkylation sites (tertiary alicyclic amines) is 1. The van der Waals surface area contributed by atoms with Gasteiger partial charge in [0.1, 0.15) is 33.3 Å². The topological polar surface area (TPSA) is 152 Å². The van der Waals surface area contributed by atoms with Gasteiger partial charge in [0.15, 0.2) is 0 Å². The van der Waals surface area contributed by atoms with Crippen LogP contribution >= 0.6 is 11.6 Å². The minimum Gasteiger partial charge on any atom is -0.456 e. The van der Waals surface area contributed by atoms with Crippen LogP contribution in [0, 0.1) is 16.0 Å². The third kappa shape index (κ3) is 6.49. The van der Waals surface area contributed by atoms with Crippen LogP contribution in [0.5, 0.6) is 11.5 Å².